The molecule has 1 atom stereocenters. The lowest BCUT2D eigenvalue weighted by atomic mass is 10.2. The van der Waals surface area contributed by atoms with E-state index in [1.54, 1.807) is 0 Å². The maximum Gasteiger partial charge on any atom is 0.220 e. The summed E-state index contributed by atoms with van der Waals surface area (Å²) in [7, 11) is 0. The van der Waals surface area contributed by atoms with Gasteiger partial charge in [0.25, 0.3) is 0 Å². The lowest BCUT2D eigenvalue weighted by molar-refractivity contribution is -0.121. The van der Waals surface area contributed by atoms with Crippen molar-refractivity contribution in [2.45, 2.75) is 25.9 Å². The van der Waals surface area contributed by atoms with Crippen molar-refractivity contribution < 1.29 is 19.0 Å². The molecule has 2 aromatic carbocycles. The Hall–Kier alpha value is -2.40. The molecule has 1 aliphatic heterocycles. The Bertz CT molecular complexity index is 765. The zero-order valence-electron chi connectivity index (χ0n) is 14.7. The van der Waals surface area contributed by atoms with E-state index < -0.39 is 0 Å². The number of ether oxygens (including phenoxy) is 3. The van der Waals surface area contributed by atoms with E-state index in [2.05, 4.69) is 5.32 Å². The molecule has 0 unspecified atom stereocenters. The Morgan fingerprint density at radius 3 is 2.88 bits per heavy atom. The predicted octanol–water partition coefficient (Wildman–Crippen LogP) is 3.76. The number of para-hydroxylation sites is 2. The number of benzene rings is 2. The lowest BCUT2D eigenvalue weighted by Gasteiger charge is -2.26. The van der Waals surface area contributed by atoms with E-state index in [1.165, 1.54) is 0 Å². The van der Waals surface area contributed by atoms with Gasteiger partial charge >= 0.3 is 0 Å². The standard InChI is InChI=1S/C20H22ClNO4/c1-14-11-15(8-9-17(14)21)24-10-4-7-20(23)22-12-16-13-25-18-5-2-3-6-19(18)26-16/h2-3,5-6,8-9,11,16H,4,7,10,12-13H2,1H3,(H,22,23)/t16-/m1/s1. The predicted molar refractivity (Wildman–Crippen MR) is 100 cm³/mol. The van der Waals surface area contributed by atoms with Crippen molar-refractivity contribution in [3.63, 3.8) is 0 Å². The van der Waals surface area contributed by atoms with E-state index in [0.29, 0.717) is 43.4 Å². The van der Waals surface area contributed by atoms with Crippen LogP contribution in [0.1, 0.15) is 18.4 Å². The number of rotatable bonds is 7. The van der Waals surface area contributed by atoms with Crippen molar-refractivity contribution in [3.05, 3.63) is 53.1 Å². The Labute approximate surface area is 158 Å². The van der Waals surface area contributed by atoms with Gasteiger partial charge in [-0.2, -0.15) is 0 Å². The Morgan fingerprint density at radius 1 is 1.27 bits per heavy atom. The summed E-state index contributed by atoms with van der Waals surface area (Å²) in [6.45, 7) is 3.25. The van der Waals surface area contributed by atoms with Crippen LogP contribution >= 0.6 is 11.6 Å². The van der Waals surface area contributed by atoms with Crippen molar-refractivity contribution in [2.24, 2.45) is 0 Å². The van der Waals surface area contributed by atoms with E-state index in [4.69, 9.17) is 25.8 Å². The Kier molecular flexibility index (Phi) is 6.23. The summed E-state index contributed by atoms with van der Waals surface area (Å²) >= 11 is 5.98. The third-order valence-electron chi connectivity index (χ3n) is 4.04. The monoisotopic (exact) mass is 375 g/mol. The SMILES string of the molecule is Cc1cc(OCCCC(=O)NC[C@@H]2COc3ccccc3O2)ccc1Cl. The van der Waals surface area contributed by atoms with Crippen molar-refractivity contribution >= 4 is 17.5 Å². The van der Waals surface area contributed by atoms with Crippen LogP contribution in [0.25, 0.3) is 0 Å². The van der Waals surface area contributed by atoms with E-state index >= 15 is 0 Å². The van der Waals surface area contributed by atoms with E-state index in [0.717, 1.165) is 17.1 Å². The fourth-order valence-electron chi connectivity index (χ4n) is 2.61. The second-order valence-electron chi connectivity index (χ2n) is 6.16. The number of hydrogen-bond donors (Lipinski definition) is 1. The molecule has 1 N–H and O–H groups in total. The van der Waals surface area contributed by atoms with Crippen LogP contribution in [0.4, 0.5) is 0 Å². The van der Waals surface area contributed by atoms with Crippen LogP contribution in [0.3, 0.4) is 0 Å². The first kappa shape index (κ1) is 18.4. The minimum Gasteiger partial charge on any atom is -0.494 e. The Morgan fingerprint density at radius 2 is 2.08 bits per heavy atom. The number of nitrogens with one attached hydrogen (secondary N) is 1. The molecule has 0 bridgehead atoms. The highest BCUT2D eigenvalue weighted by Crippen LogP contribution is 2.30. The number of fused-ring (bicyclic) bond motifs is 1. The van der Waals surface area contributed by atoms with Gasteiger partial charge in [-0.05, 0) is 49.2 Å². The molecule has 1 amide bonds. The molecule has 0 radical (unpaired) electrons. The molecule has 2 aromatic rings. The largest absolute Gasteiger partial charge is 0.494 e. The minimum atomic E-state index is -0.179. The third-order valence-corrected chi connectivity index (χ3v) is 4.46. The quantitative estimate of drug-likeness (QED) is 0.748. The number of amides is 1. The van der Waals surface area contributed by atoms with Crippen LogP contribution in [0.2, 0.25) is 5.02 Å². The van der Waals surface area contributed by atoms with Gasteiger partial charge < -0.3 is 19.5 Å². The fraction of sp³-hybridized carbons (Fsp3) is 0.350. The molecule has 0 spiro atoms. The molecule has 3 rings (SSSR count). The van der Waals surface area contributed by atoms with E-state index in [9.17, 15) is 4.79 Å². The first-order valence-corrected chi connectivity index (χ1v) is 9.04. The summed E-state index contributed by atoms with van der Waals surface area (Å²) in [6.07, 6.45) is 0.858. The molecule has 6 heteroatoms. The van der Waals surface area contributed by atoms with Crippen LogP contribution < -0.4 is 19.5 Å². The van der Waals surface area contributed by atoms with Crippen LogP contribution in [0, 0.1) is 6.92 Å². The molecule has 0 saturated heterocycles. The van der Waals surface area contributed by atoms with Gasteiger partial charge in [0.2, 0.25) is 5.91 Å². The second-order valence-corrected chi connectivity index (χ2v) is 6.57. The normalized spacial score (nSPS) is 15.4. The maximum atomic E-state index is 12.0. The summed E-state index contributed by atoms with van der Waals surface area (Å²) in [5, 5.41) is 3.60. The van der Waals surface area contributed by atoms with E-state index in [-0.39, 0.29) is 12.0 Å². The zero-order chi connectivity index (χ0) is 18.4. The molecule has 26 heavy (non-hydrogen) atoms. The van der Waals surface area contributed by atoms with Crippen molar-refractivity contribution in [3.8, 4) is 17.2 Å². The average molecular weight is 376 g/mol. The van der Waals surface area contributed by atoms with Crippen molar-refractivity contribution in [1.29, 1.82) is 0 Å². The number of carbonyl (C=O) groups excluding carboxylic acids is 1. The molecule has 1 aliphatic rings. The maximum absolute atomic E-state index is 12.0. The van der Waals surface area contributed by atoms with Gasteiger partial charge in [-0.25, -0.2) is 0 Å². The van der Waals surface area contributed by atoms with Gasteiger partial charge in [0, 0.05) is 11.4 Å². The van der Waals surface area contributed by atoms with Crippen LogP contribution in [0.5, 0.6) is 17.2 Å². The van der Waals surface area contributed by atoms with E-state index in [1.807, 2.05) is 49.4 Å². The summed E-state index contributed by atoms with van der Waals surface area (Å²) < 4.78 is 17.1. The summed E-state index contributed by atoms with van der Waals surface area (Å²) in [4.78, 5) is 12.0. The first-order valence-electron chi connectivity index (χ1n) is 8.66. The molecular formula is C20H22ClNO4. The average Bonchev–Trinajstić information content (AvgIpc) is 2.66. The van der Waals surface area contributed by atoms with Crippen LogP contribution in [0.15, 0.2) is 42.5 Å². The molecule has 138 valence electrons. The molecule has 0 fully saturated rings. The summed E-state index contributed by atoms with van der Waals surface area (Å²) in [6, 6.07) is 13.0. The number of carbonyl (C=O) groups is 1. The van der Waals surface area contributed by atoms with Gasteiger partial charge in [0.05, 0.1) is 13.2 Å². The number of hydrogen-bond acceptors (Lipinski definition) is 4. The Balaban J connectivity index is 1.33. The fourth-order valence-corrected chi connectivity index (χ4v) is 2.73. The highest BCUT2D eigenvalue weighted by atomic mass is 35.5. The van der Waals surface area contributed by atoms with Gasteiger partial charge in [-0.3, -0.25) is 4.79 Å². The van der Waals surface area contributed by atoms with Crippen LogP contribution in [-0.2, 0) is 4.79 Å². The van der Waals surface area contributed by atoms with Gasteiger partial charge in [0.15, 0.2) is 11.5 Å². The van der Waals surface area contributed by atoms with Crippen molar-refractivity contribution in [2.75, 3.05) is 19.8 Å². The highest BCUT2D eigenvalue weighted by Gasteiger charge is 2.20. The topological polar surface area (TPSA) is 56.8 Å². The molecule has 0 aromatic heterocycles. The van der Waals surface area contributed by atoms with Crippen molar-refractivity contribution in [1.82, 2.24) is 5.32 Å². The molecule has 0 aliphatic carbocycles. The molecule has 5 nitrogen and oxygen atoms in total. The first-order chi connectivity index (χ1) is 12.6. The number of aryl methyl sites for hydroxylation is 1. The number of halogens is 1. The molecular weight excluding hydrogens is 354 g/mol. The zero-order valence-corrected chi connectivity index (χ0v) is 15.4. The third kappa shape index (κ3) is 5.05. The summed E-state index contributed by atoms with van der Waals surface area (Å²) in [5.41, 5.74) is 0.971. The smallest absolute Gasteiger partial charge is 0.220 e. The second kappa shape index (κ2) is 8.81. The van der Waals surface area contributed by atoms with Gasteiger partial charge in [-0.1, -0.05) is 23.7 Å². The molecule has 1 heterocycles. The summed E-state index contributed by atoms with van der Waals surface area (Å²) in [5.74, 6) is 2.19. The lowest BCUT2D eigenvalue weighted by Crippen LogP contribution is -2.40. The van der Waals surface area contributed by atoms with Gasteiger partial charge in [-0.15, -0.1) is 0 Å². The molecule has 0 saturated carbocycles. The van der Waals surface area contributed by atoms with Crippen LogP contribution in [-0.4, -0.2) is 31.8 Å². The minimum absolute atomic E-state index is 0.0247. The van der Waals surface area contributed by atoms with Gasteiger partial charge in [0.1, 0.15) is 18.5 Å². The highest BCUT2D eigenvalue weighted by molar-refractivity contribution is 6.31.